The number of carbonyl (C=O) groups is 2. The number of nitrogens with zero attached hydrogens (tertiary/aromatic N) is 2. The molecule has 0 atom stereocenters. The zero-order valence-corrected chi connectivity index (χ0v) is 14.5. The summed E-state index contributed by atoms with van der Waals surface area (Å²) in [6.07, 6.45) is 7.02. The Morgan fingerprint density at radius 1 is 1.36 bits per heavy atom. The lowest BCUT2D eigenvalue weighted by molar-refractivity contribution is 0.0910. The summed E-state index contributed by atoms with van der Waals surface area (Å²) in [5.74, 6) is -0.482. The number of aromatic nitrogens is 3. The molecule has 0 spiro atoms. The van der Waals surface area contributed by atoms with E-state index in [-0.39, 0.29) is 16.8 Å². The molecule has 2 aromatic heterocycles. The average Bonchev–Trinajstić information content (AvgIpc) is 3.03. The van der Waals surface area contributed by atoms with E-state index in [9.17, 15) is 14.4 Å². The number of imidazole rings is 1. The van der Waals surface area contributed by atoms with Gasteiger partial charge in [-0.25, -0.2) is 4.98 Å². The molecular formula is C18H22N4O3. The molecule has 0 fully saturated rings. The number of ketones is 1. The zero-order chi connectivity index (χ0) is 18.0. The molecule has 0 saturated heterocycles. The Hall–Kier alpha value is -2.70. The summed E-state index contributed by atoms with van der Waals surface area (Å²) >= 11 is 0. The first-order chi connectivity index (χ1) is 11.9. The number of nitrogens with one attached hydrogen (secondary N) is 2. The van der Waals surface area contributed by atoms with Crippen LogP contribution in [0.25, 0.3) is 0 Å². The van der Waals surface area contributed by atoms with Gasteiger partial charge in [0.05, 0.1) is 6.33 Å². The van der Waals surface area contributed by atoms with Crippen LogP contribution in [-0.4, -0.2) is 32.8 Å². The summed E-state index contributed by atoms with van der Waals surface area (Å²) in [4.78, 5) is 43.5. The summed E-state index contributed by atoms with van der Waals surface area (Å²) in [5.41, 5.74) is 0.459. The number of aromatic amines is 1. The first-order valence-corrected chi connectivity index (χ1v) is 8.39. The lowest BCUT2D eigenvalue weighted by Gasteiger charge is -2.29. The normalized spacial score (nSPS) is 15.7. The lowest BCUT2D eigenvalue weighted by Crippen LogP contribution is -2.35. The molecule has 7 nitrogen and oxygen atoms in total. The van der Waals surface area contributed by atoms with Crippen molar-refractivity contribution in [3.63, 3.8) is 0 Å². The van der Waals surface area contributed by atoms with E-state index in [0.29, 0.717) is 30.6 Å². The fraction of sp³-hybridized carbons (Fsp3) is 0.444. The zero-order valence-electron chi connectivity index (χ0n) is 14.5. The van der Waals surface area contributed by atoms with Crippen LogP contribution in [0.15, 0.2) is 29.6 Å². The maximum atomic E-state index is 12.3. The largest absolute Gasteiger partial charge is 0.352 e. The molecule has 1 aliphatic rings. The van der Waals surface area contributed by atoms with Crippen molar-refractivity contribution in [3.05, 3.63) is 52.0 Å². The molecule has 0 saturated carbocycles. The number of Topliss-reactive ketones (excluding diaryl/α,β-unsaturated/α-hetero) is 1. The molecule has 0 unspecified atom stereocenters. The fourth-order valence-electron chi connectivity index (χ4n) is 3.17. The molecule has 7 heteroatoms. The highest BCUT2D eigenvalue weighted by atomic mass is 16.2. The van der Waals surface area contributed by atoms with E-state index in [1.807, 2.05) is 24.6 Å². The standard InChI is InChI=1S/C18H22N4O3/c1-18(2)9-14-12(15(23)10-18)8-13(17(25)21-14)16(24)20-4-3-6-22-7-5-19-11-22/h5,7-8,11H,3-4,6,9-10H2,1-2H3,(H,20,24)(H,21,25). The second kappa shape index (κ2) is 6.66. The maximum Gasteiger partial charge on any atom is 0.261 e. The minimum atomic E-state index is -0.452. The van der Waals surface area contributed by atoms with Gasteiger partial charge in [0.1, 0.15) is 5.56 Å². The summed E-state index contributed by atoms with van der Waals surface area (Å²) in [5, 5.41) is 2.74. The second-order valence-electron chi connectivity index (χ2n) is 7.26. The van der Waals surface area contributed by atoms with Gasteiger partial charge in [0.15, 0.2) is 5.78 Å². The molecule has 1 aliphatic carbocycles. The molecule has 3 rings (SSSR count). The number of hydrogen-bond acceptors (Lipinski definition) is 4. The SMILES string of the molecule is CC1(C)CC(=O)c2cc(C(=O)NCCCn3ccnc3)c(=O)[nH]c2C1. The maximum absolute atomic E-state index is 12.3. The molecule has 1 amide bonds. The van der Waals surface area contributed by atoms with Gasteiger partial charge in [-0.1, -0.05) is 13.8 Å². The average molecular weight is 342 g/mol. The molecule has 2 N–H and O–H groups in total. The van der Waals surface area contributed by atoms with Crippen LogP contribution in [0.5, 0.6) is 0 Å². The second-order valence-corrected chi connectivity index (χ2v) is 7.26. The van der Waals surface area contributed by atoms with Crippen molar-refractivity contribution in [2.45, 2.75) is 39.7 Å². The van der Waals surface area contributed by atoms with E-state index in [1.54, 1.807) is 12.5 Å². The molecular weight excluding hydrogens is 320 g/mol. The first kappa shape index (κ1) is 17.1. The summed E-state index contributed by atoms with van der Waals surface area (Å²) in [7, 11) is 0. The van der Waals surface area contributed by atoms with Crippen LogP contribution >= 0.6 is 0 Å². The number of aryl methyl sites for hydroxylation is 1. The molecule has 0 aliphatic heterocycles. The van der Waals surface area contributed by atoms with Gasteiger partial charge in [0.25, 0.3) is 11.5 Å². The molecule has 132 valence electrons. The summed E-state index contributed by atoms with van der Waals surface area (Å²) in [6.45, 7) is 5.16. The van der Waals surface area contributed by atoms with Crippen molar-refractivity contribution in [1.82, 2.24) is 19.9 Å². The Kier molecular flexibility index (Phi) is 4.57. The molecule has 0 aromatic carbocycles. The summed E-state index contributed by atoms with van der Waals surface area (Å²) in [6, 6.07) is 1.44. The molecule has 25 heavy (non-hydrogen) atoms. The minimum absolute atomic E-state index is 0.00515. The van der Waals surface area contributed by atoms with E-state index in [0.717, 1.165) is 13.0 Å². The van der Waals surface area contributed by atoms with E-state index >= 15 is 0 Å². The van der Waals surface area contributed by atoms with E-state index in [4.69, 9.17) is 0 Å². The highest BCUT2D eigenvalue weighted by Gasteiger charge is 2.32. The number of H-pyrrole nitrogens is 1. The van der Waals surface area contributed by atoms with Crippen molar-refractivity contribution in [2.75, 3.05) is 6.54 Å². The Morgan fingerprint density at radius 2 is 2.16 bits per heavy atom. The number of amides is 1. The smallest absolute Gasteiger partial charge is 0.261 e. The topological polar surface area (TPSA) is 96.8 Å². The highest BCUT2D eigenvalue weighted by Crippen LogP contribution is 2.33. The number of rotatable bonds is 5. The Labute approximate surface area is 145 Å². The van der Waals surface area contributed by atoms with Gasteiger partial charge in [-0.2, -0.15) is 0 Å². The van der Waals surface area contributed by atoms with Crippen molar-refractivity contribution < 1.29 is 9.59 Å². The van der Waals surface area contributed by atoms with Crippen molar-refractivity contribution in [3.8, 4) is 0 Å². The number of fused-ring (bicyclic) bond motifs is 1. The van der Waals surface area contributed by atoms with Gasteiger partial charge in [-0.05, 0) is 24.3 Å². The molecule has 0 bridgehead atoms. The highest BCUT2D eigenvalue weighted by molar-refractivity contribution is 6.02. The minimum Gasteiger partial charge on any atom is -0.352 e. The van der Waals surface area contributed by atoms with Gasteiger partial charge in [0.2, 0.25) is 0 Å². The Balaban J connectivity index is 1.68. The Bertz CT molecular complexity index is 850. The van der Waals surface area contributed by atoms with Gasteiger partial charge in [-0.15, -0.1) is 0 Å². The third kappa shape index (κ3) is 3.87. The van der Waals surface area contributed by atoms with Crippen LogP contribution in [0.4, 0.5) is 0 Å². The van der Waals surface area contributed by atoms with E-state index < -0.39 is 11.5 Å². The van der Waals surface area contributed by atoms with Crippen LogP contribution in [-0.2, 0) is 13.0 Å². The van der Waals surface area contributed by atoms with Crippen LogP contribution in [0.1, 0.15) is 53.1 Å². The number of pyridine rings is 1. The summed E-state index contributed by atoms with van der Waals surface area (Å²) < 4.78 is 1.91. The van der Waals surface area contributed by atoms with Crippen molar-refractivity contribution in [2.24, 2.45) is 5.41 Å². The van der Waals surface area contributed by atoms with Crippen LogP contribution < -0.4 is 10.9 Å². The fourth-order valence-corrected chi connectivity index (χ4v) is 3.17. The van der Waals surface area contributed by atoms with Crippen LogP contribution in [0, 0.1) is 5.41 Å². The van der Waals surface area contributed by atoms with E-state index in [1.165, 1.54) is 6.07 Å². The Morgan fingerprint density at radius 3 is 2.88 bits per heavy atom. The number of hydrogen-bond donors (Lipinski definition) is 2. The number of carbonyl (C=O) groups excluding carboxylic acids is 2. The molecule has 0 radical (unpaired) electrons. The third-order valence-electron chi connectivity index (χ3n) is 4.40. The first-order valence-electron chi connectivity index (χ1n) is 8.39. The molecule has 2 aromatic rings. The van der Waals surface area contributed by atoms with Crippen LogP contribution in [0.2, 0.25) is 0 Å². The van der Waals surface area contributed by atoms with Crippen molar-refractivity contribution in [1.29, 1.82) is 0 Å². The predicted molar refractivity (Wildman–Crippen MR) is 92.7 cm³/mol. The van der Waals surface area contributed by atoms with Gasteiger partial charge in [-0.3, -0.25) is 14.4 Å². The van der Waals surface area contributed by atoms with Gasteiger partial charge < -0.3 is 14.9 Å². The quantitative estimate of drug-likeness (QED) is 0.806. The van der Waals surface area contributed by atoms with E-state index in [2.05, 4.69) is 15.3 Å². The monoisotopic (exact) mass is 342 g/mol. The molecule has 2 heterocycles. The van der Waals surface area contributed by atoms with Gasteiger partial charge >= 0.3 is 0 Å². The predicted octanol–water partition coefficient (Wildman–Crippen LogP) is 1.55. The van der Waals surface area contributed by atoms with Crippen LogP contribution in [0.3, 0.4) is 0 Å². The third-order valence-corrected chi connectivity index (χ3v) is 4.40. The van der Waals surface area contributed by atoms with Gasteiger partial charge in [0, 0.05) is 43.2 Å². The van der Waals surface area contributed by atoms with Crippen molar-refractivity contribution >= 4 is 11.7 Å². The lowest BCUT2D eigenvalue weighted by atomic mass is 9.75.